The minimum Gasteiger partial charge on any atom is -0.397 e. The third-order valence-electron chi connectivity index (χ3n) is 3.24. The quantitative estimate of drug-likeness (QED) is 0.810. The number of rotatable bonds is 3. The van der Waals surface area contributed by atoms with Gasteiger partial charge in [0.15, 0.2) is 0 Å². The molecule has 0 radical (unpaired) electrons. The molecule has 1 aromatic carbocycles. The summed E-state index contributed by atoms with van der Waals surface area (Å²) in [6.45, 7) is 0. The molecule has 0 atom stereocenters. The predicted octanol–water partition coefficient (Wildman–Crippen LogP) is 3.44. The monoisotopic (exact) mass is 252 g/mol. The van der Waals surface area contributed by atoms with Gasteiger partial charge in [-0.15, -0.1) is 0 Å². The fraction of sp³-hybridized carbons (Fsp3) is 0.462. The number of hydrogen-bond donors (Lipinski definition) is 2. The van der Waals surface area contributed by atoms with Crippen LogP contribution in [-0.4, -0.2) is 5.91 Å². The number of hydrogen-bond acceptors (Lipinski definition) is 2. The van der Waals surface area contributed by atoms with E-state index in [9.17, 15) is 4.79 Å². The molecule has 3 N–H and O–H groups in total. The molecule has 0 aliphatic heterocycles. The van der Waals surface area contributed by atoms with Crippen molar-refractivity contribution in [2.75, 3.05) is 11.1 Å². The summed E-state index contributed by atoms with van der Waals surface area (Å²) >= 11 is 5.86. The molecule has 1 aliphatic carbocycles. The number of amides is 1. The second-order valence-electron chi connectivity index (χ2n) is 4.63. The van der Waals surface area contributed by atoms with Crippen molar-refractivity contribution >= 4 is 28.9 Å². The van der Waals surface area contributed by atoms with Crippen LogP contribution in [0, 0.1) is 5.92 Å². The summed E-state index contributed by atoms with van der Waals surface area (Å²) in [5.74, 6) is 0.571. The van der Waals surface area contributed by atoms with Gasteiger partial charge in [0, 0.05) is 11.4 Å². The highest BCUT2D eigenvalue weighted by Gasteiger charge is 2.18. The minimum absolute atomic E-state index is 0.0332. The molecule has 0 spiro atoms. The molecule has 4 heteroatoms. The van der Waals surface area contributed by atoms with Gasteiger partial charge in [-0.25, -0.2) is 0 Å². The van der Waals surface area contributed by atoms with Crippen molar-refractivity contribution in [1.82, 2.24) is 0 Å². The Balaban J connectivity index is 1.95. The Morgan fingerprint density at radius 2 is 2.12 bits per heavy atom. The summed E-state index contributed by atoms with van der Waals surface area (Å²) in [5, 5.41) is 3.41. The fourth-order valence-electron chi connectivity index (χ4n) is 2.31. The number of nitrogens with one attached hydrogen (secondary N) is 1. The second-order valence-corrected chi connectivity index (χ2v) is 5.07. The van der Waals surface area contributed by atoms with Crippen molar-refractivity contribution in [3.8, 4) is 0 Å². The number of carbonyl (C=O) groups excluding carboxylic acids is 1. The van der Waals surface area contributed by atoms with E-state index in [2.05, 4.69) is 5.32 Å². The van der Waals surface area contributed by atoms with Gasteiger partial charge in [0.1, 0.15) is 0 Å². The Morgan fingerprint density at radius 1 is 1.41 bits per heavy atom. The Kier molecular flexibility index (Phi) is 3.89. The van der Waals surface area contributed by atoms with Crippen LogP contribution in [-0.2, 0) is 4.79 Å². The number of nitrogen functional groups attached to an aromatic ring is 1. The molecular weight excluding hydrogens is 236 g/mol. The van der Waals surface area contributed by atoms with E-state index in [0.29, 0.717) is 28.7 Å². The van der Waals surface area contributed by atoms with Gasteiger partial charge in [-0.3, -0.25) is 4.79 Å². The number of nitrogens with two attached hydrogens (primary N) is 1. The molecule has 2 rings (SSSR count). The Hall–Kier alpha value is -1.22. The Morgan fingerprint density at radius 3 is 2.82 bits per heavy atom. The molecule has 0 unspecified atom stereocenters. The maximum Gasteiger partial charge on any atom is 0.224 e. The molecular formula is C13H17ClN2O. The van der Waals surface area contributed by atoms with Gasteiger partial charge < -0.3 is 11.1 Å². The first-order valence-corrected chi connectivity index (χ1v) is 6.38. The van der Waals surface area contributed by atoms with Gasteiger partial charge in [0.2, 0.25) is 5.91 Å². The van der Waals surface area contributed by atoms with E-state index < -0.39 is 0 Å². The van der Waals surface area contributed by atoms with Crippen LogP contribution >= 0.6 is 11.6 Å². The van der Waals surface area contributed by atoms with Gasteiger partial charge in [0.05, 0.1) is 11.4 Å². The van der Waals surface area contributed by atoms with Crippen molar-refractivity contribution in [3.05, 3.63) is 23.2 Å². The highest BCUT2D eigenvalue weighted by molar-refractivity contribution is 6.31. The van der Waals surface area contributed by atoms with Crippen molar-refractivity contribution in [2.24, 2.45) is 5.92 Å². The summed E-state index contributed by atoms with van der Waals surface area (Å²) in [6, 6.07) is 5.10. The zero-order valence-electron chi connectivity index (χ0n) is 9.71. The lowest BCUT2D eigenvalue weighted by molar-refractivity contribution is -0.117. The van der Waals surface area contributed by atoms with Crippen molar-refractivity contribution in [3.63, 3.8) is 0 Å². The van der Waals surface area contributed by atoms with Crippen LogP contribution in [0.4, 0.5) is 11.4 Å². The zero-order valence-corrected chi connectivity index (χ0v) is 10.5. The van der Waals surface area contributed by atoms with Crippen LogP contribution in [0.25, 0.3) is 0 Å². The lowest BCUT2D eigenvalue weighted by Gasteiger charge is -2.11. The lowest BCUT2D eigenvalue weighted by Crippen LogP contribution is -2.16. The number of halogens is 1. The molecule has 92 valence electrons. The largest absolute Gasteiger partial charge is 0.397 e. The van der Waals surface area contributed by atoms with Gasteiger partial charge in [0.25, 0.3) is 0 Å². The molecule has 3 nitrogen and oxygen atoms in total. The highest BCUT2D eigenvalue weighted by atomic mass is 35.5. The summed E-state index contributed by atoms with van der Waals surface area (Å²) in [7, 11) is 0. The van der Waals surface area contributed by atoms with Crippen LogP contribution in [0.2, 0.25) is 5.02 Å². The van der Waals surface area contributed by atoms with Gasteiger partial charge >= 0.3 is 0 Å². The molecule has 1 fully saturated rings. The molecule has 1 saturated carbocycles. The van der Waals surface area contributed by atoms with Crippen molar-refractivity contribution in [2.45, 2.75) is 32.1 Å². The van der Waals surface area contributed by atoms with Gasteiger partial charge in [-0.05, 0) is 37.0 Å². The first-order chi connectivity index (χ1) is 8.15. The maximum absolute atomic E-state index is 11.8. The highest BCUT2D eigenvalue weighted by Crippen LogP contribution is 2.28. The van der Waals surface area contributed by atoms with E-state index in [1.165, 1.54) is 25.7 Å². The van der Waals surface area contributed by atoms with Crippen LogP contribution in [0.1, 0.15) is 32.1 Å². The lowest BCUT2D eigenvalue weighted by atomic mass is 10.0. The molecule has 0 bridgehead atoms. The van der Waals surface area contributed by atoms with Crippen LogP contribution in [0.3, 0.4) is 0 Å². The Bertz CT molecular complexity index is 414. The van der Waals surface area contributed by atoms with Crippen LogP contribution < -0.4 is 11.1 Å². The second kappa shape index (κ2) is 5.41. The van der Waals surface area contributed by atoms with Crippen molar-refractivity contribution < 1.29 is 4.79 Å². The Labute approximate surface area is 106 Å². The average molecular weight is 253 g/mol. The van der Waals surface area contributed by atoms with Crippen molar-refractivity contribution in [1.29, 1.82) is 0 Å². The van der Waals surface area contributed by atoms with Gasteiger partial charge in [-0.1, -0.05) is 24.4 Å². The summed E-state index contributed by atoms with van der Waals surface area (Å²) in [6.07, 6.45) is 5.41. The molecule has 1 aromatic rings. The van der Waals surface area contributed by atoms with E-state index in [1.54, 1.807) is 18.2 Å². The normalized spacial score (nSPS) is 16.1. The predicted molar refractivity (Wildman–Crippen MR) is 71.1 cm³/mol. The standard InChI is InChI=1S/C13H17ClN2O/c14-10-5-6-11(15)12(8-10)16-13(17)7-9-3-1-2-4-9/h5-6,8-9H,1-4,7,15H2,(H,16,17). The molecule has 1 aliphatic rings. The summed E-state index contributed by atoms with van der Waals surface area (Å²) in [5.41, 5.74) is 6.93. The SMILES string of the molecule is Nc1ccc(Cl)cc1NC(=O)CC1CCCC1. The first kappa shape index (κ1) is 12.2. The van der Waals surface area contributed by atoms with E-state index in [4.69, 9.17) is 17.3 Å². The van der Waals surface area contributed by atoms with Crippen LogP contribution in [0.5, 0.6) is 0 Å². The molecule has 17 heavy (non-hydrogen) atoms. The van der Waals surface area contributed by atoms with E-state index in [1.807, 2.05) is 0 Å². The molecule has 1 amide bonds. The zero-order chi connectivity index (χ0) is 12.3. The van der Waals surface area contributed by atoms with E-state index >= 15 is 0 Å². The molecule has 0 heterocycles. The smallest absolute Gasteiger partial charge is 0.224 e. The van der Waals surface area contributed by atoms with Gasteiger partial charge in [-0.2, -0.15) is 0 Å². The fourth-order valence-corrected chi connectivity index (χ4v) is 2.49. The number of carbonyl (C=O) groups is 1. The third-order valence-corrected chi connectivity index (χ3v) is 3.47. The van der Waals surface area contributed by atoms with E-state index in [0.717, 1.165) is 0 Å². The number of anilines is 2. The van der Waals surface area contributed by atoms with E-state index in [-0.39, 0.29) is 5.91 Å². The number of benzene rings is 1. The average Bonchev–Trinajstić information content (AvgIpc) is 2.76. The first-order valence-electron chi connectivity index (χ1n) is 6.00. The maximum atomic E-state index is 11.8. The minimum atomic E-state index is 0.0332. The summed E-state index contributed by atoms with van der Waals surface area (Å²) in [4.78, 5) is 11.8. The topological polar surface area (TPSA) is 55.1 Å². The van der Waals surface area contributed by atoms with Crippen LogP contribution in [0.15, 0.2) is 18.2 Å². The molecule has 0 saturated heterocycles. The third kappa shape index (κ3) is 3.37. The summed E-state index contributed by atoms with van der Waals surface area (Å²) < 4.78 is 0. The molecule has 0 aromatic heterocycles.